The smallest absolute Gasteiger partial charge is 0.321 e. The number of carbonyl (C=O) groups excluding carboxylic acids is 1. The second kappa shape index (κ2) is 6.22. The second-order valence-electron chi connectivity index (χ2n) is 4.86. The van der Waals surface area contributed by atoms with Crippen LogP contribution in [0.25, 0.3) is 0 Å². The normalized spacial score (nSPS) is 17.9. The van der Waals surface area contributed by atoms with Gasteiger partial charge in [0.15, 0.2) is 0 Å². The lowest BCUT2D eigenvalue weighted by atomic mass is 9.99. The number of carbonyl (C=O) groups is 2. The highest BCUT2D eigenvalue weighted by molar-refractivity contribution is 5.90. The molecule has 7 heteroatoms. The van der Waals surface area contributed by atoms with Gasteiger partial charge in [0.25, 0.3) is 0 Å². The molecule has 2 amide bonds. The van der Waals surface area contributed by atoms with Crippen molar-refractivity contribution in [2.24, 2.45) is 5.92 Å². The Bertz CT molecular complexity index is 612. The summed E-state index contributed by atoms with van der Waals surface area (Å²) in [4.78, 5) is 24.4. The summed E-state index contributed by atoms with van der Waals surface area (Å²) in [6.07, 6.45) is 1.13. The Morgan fingerprint density at radius 2 is 2.24 bits per heavy atom. The molecular formula is C14H14FN3O3. The van der Waals surface area contributed by atoms with Crippen molar-refractivity contribution in [3.63, 3.8) is 0 Å². The minimum absolute atomic E-state index is 0.0311. The fourth-order valence-electron chi connectivity index (χ4n) is 2.24. The summed E-state index contributed by atoms with van der Waals surface area (Å²) in [6.45, 7) is 0.548. The van der Waals surface area contributed by atoms with Crippen molar-refractivity contribution < 1.29 is 19.1 Å². The van der Waals surface area contributed by atoms with E-state index in [2.05, 4.69) is 5.32 Å². The number of halogens is 1. The number of nitrogens with one attached hydrogen (secondary N) is 1. The van der Waals surface area contributed by atoms with Crippen molar-refractivity contribution in [1.29, 1.82) is 5.26 Å². The maximum atomic E-state index is 13.7. The fraction of sp³-hybridized carbons (Fsp3) is 0.357. The van der Waals surface area contributed by atoms with Gasteiger partial charge in [-0.05, 0) is 31.0 Å². The van der Waals surface area contributed by atoms with Gasteiger partial charge in [0.2, 0.25) is 0 Å². The van der Waals surface area contributed by atoms with Crippen LogP contribution < -0.4 is 5.32 Å². The summed E-state index contributed by atoms with van der Waals surface area (Å²) >= 11 is 0. The monoisotopic (exact) mass is 291 g/mol. The molecule has 1 heterocycles. The van der Waals surface area contributed by atoms with E-state index in [1.807, 2.05) is 0 Å². The summed E-state index contributed by atoms with van der Waals surface area (Å²) in [7, 11) is 0. The van der Waals surface area contributed by atoms with Gasteiger partial charge in [-0.25, -0.2) is 9.18 Å². The Kier molecular flexibility index (Phi) is 4.38. The van der Waals surface area contributed by atoms with Crippen molar-refractivity contribution >= 4 is 17.7 Å². The van der Waals surface area contributed by atoms with E-state index in [1.54, 1.807) is 6.07 Å². The Hall–Kier alpha value is -2.62. The van der Waals surface area contributed by atoms with E-state index in [0.29, 0.717) is 19.4 Å². The molecule has 6 nitrogen and oxygen atoms in total. The summed E-state index contributed by atoms with van der Waals surface area (Å²) < 4.78 is 13.7. The van der Waals surface area contributed by atoms with E-state index in [0.717, 1.165) is 6.07 Å². The molecule has 1 atom stereocenters. The second-order valence-corrected chi connectivity index (χ2v) is 4.86. The van der Waals surface area contributed by atoms with Crippen molar-refractivity contribution in [3.05, 3.63) is 29.6 Å². The molecule has 1 aliphatic heterocycles. The number of nitrogens with zero attached hydrogens (tertiary/aromatic N) is 2. The molecule has 0 aromatic heterocycles. The summed E-state index contributed by atoms with van der Waals surface area (Å²) in [5.41, 5.74) is 0.130. The third-order valence-corrected chi connectivity index (χ3v) is 3.40. The molecule has 0 saturated carbocycles. The van der Waals surface area contributed by atoms with Crippen LogP contribution in [0.5, 0.6) is 0 Å². The average Bonchev–Trinajstić information content (AvgIpc) is 2.49. The van der Waals surface area contributed by atoms with Crippen LogP contribution in [0, 0.1) is 23.1 Å². The highest BCUT2D eigenvalue weighted by atomic mass is 19.1. The maximum Gasteiger partial charge on any atom is 0.321 e. The fourth-order valence-corrected chi connectivity index (χ4v) is 2.24. The number of hydrogen-bond donors (Lipinski definition) is 2. The van der Waals surface area contributed by atoms with Crippen molar-refractivity contribution in [2.75, 3.05) is 18.4 Å². The summed E-state index contributed by atoms with van der Waals surface area (Å²) in [5, 5.41) is 20.0. The molecule has 1 fully saturated rings. The van der Waals surface area contributed by atoms with E-state index in [1.165, 1.54) is 17.0 Å². The number of carboxylic acid groups (broad SMARTS) is 1. The third kappa shape index (κ3) is 3.48. The highest BCUT2D eigenvalue weighted by Gasteiger charge is 2.28. The molecule has 2 N–H and O–H groups in total. The number of carboxylic acids is 1. The van der Waals surface area contributed by atoms with Crippen LogP contribution in [0.4, 0.5) is 14.9 Å². The molecule has 0 radical (unpaired) electrons. The predicted molar refractivity (Wildman–Crippen MR) is 72.1 cm³/mol. The van der Waals surface area contributed by atoms with E-state index in [-0.39, 0.29) is 17.8 Å². The largest absolute Gasteiger partial charge is 0.481 e. The Labute approximate surface area is 120 Å². The van der Waals surface area contributed by atoms with Crippen LogP contribution in [-0.2, 0) is 4.79 Å². The highest BCUT2D eigenvalue weighted by Crippen LogP contribution is 2.20. The van der Waals surface area contributed by atoms with E-state index >= 15 is 0 Å². The van der Waals surface area contributed by atoms with Crippen LogP contribution in [0.3, 0.4) is 0 Å². The zero-order valence-corrected chi connectivity index (χ0v) is 11.2. The first kappa shape index (κ1) is 14.8. The molecule has 1 saturated heterocycles. The molecule has 0 aliphatic carbocycles. The van der Waals surface area contributed by atoms with Crippen molar-refractivity contribution in [2.45, 2.75) is 12.8 Å². The van der Waals surface area contributed by atoms with Gasteiger partial charge in [-0.15, -0.1) is 0 Å². The molecule has 0 bridgehead atoms. The number of amides is 2. The van der Waals surface area contributed by atoms with Gasteiger partial charge in [-0.2, -0.15) is 5.26 Å². The van der Waals surface area contributed by atoms with Crippen LogP contribution >= 0.6 is 0 Å². The number of aliphatic carboxylic acids is 1. The average molecular weight is 291 g/mol. The lowest BCUT2D eigenvalue weighted by Gasteiger charge is -2.30. The SMILES string of the molecule is N#Cc1ccc(NC(=O)N2CCC[C@H](C(=O)O)C2)c(F)c1. The quantitative estimate of drug-likeness (QED) is 0.871. The number of benzene rings is 1. The number of urea groups is 1. The number of rotatable bonds is 2. The van der Waals surface area contributed by atoms with Crippen LogP contribution in [0.1, 0.15) is 18.4 Å². The first-order valence-corrected chi connectivity index (χ1v) is 6.49. The van der Waals surface area contributed by atoms with E-state index in [4.69, 9.17) is 10.4 Å². The number of nitriles is 1. The number of anilines is 1. The summed E-state index contributed by atoms with van der Waals surface area (Å²) in [5.74, 6) is -2.22. The standard InChI is InChI=1S/C14H14FN3O3/c15-11-6-9(7-16)3-4-12(11)17-14(21)18-5-1-2-10(8-18)13(19)20/h3-4,6,10H,1-2,5,8H2,(H,17,21)(H,19,20)/t10-/m0/s1. The molecule has 0 unspecified atom stereocenters. The lowest BCUT2D eigenvalue weighted by molar-refractivity contribution is -0.143. The van der Waals surface area contributed by atoms with Gasteiger partial charge in [0, 0.05) is 13.1 Å². The lowest BCUT2D eigenvalue weighted by Crippen LogP contribution is -2.44. The molecule has 0 spiro atoms. The van der Waals surface area contributed by atoms with Gasteiger partial charge < -0.3 is 15.3 Å². The van der Waals surface area contributed by atoms with E-state index in [9.17, 15) is 14.0 Å². The number of hydrogen-bond acceptors (Lipinski definition) is 3. The van der Waals surface area contributed by atoms with Crippen LogP contribution in [0.2, 0.25) is 0 Å². The Morgan fingerprint density at radius 3 is 2.86 bits per heavy atom. The zero-order chi connectivity index (χ0) is 15.4. The van der Waals surface area contributed by atoms with Gasteiger partial charge >= 0.3 is 12.0 Å². The number of likely N-dealkylation sites (tertiary alicyclic amines) is 1. The molecule has 1 aliphatic rings. The first-order valence-electron chi connectivity index (χ1n) is 6.49. The Morgan fingerprint density at radius 1 is 1.48 bits per heavy atom. The molecular weight excluding hydrogens is 277 g/mol. The topological polar surface area (TPSA) is 93.4 Å². The zero-order valence-electron chi connectivity index (χ0n) is 11.2. The predicted octanol–water partition coefficient (Wildman–Crippen LogP) is 2.03. The molecule has 2 rings (SSSR count). The molecule has 21 heavy (non-hydrogen) atoms. The molecule has 110 valence electrons. The van der Waals surface area contributed by atoms with E-state index < -0.39 is 23.7 Å². The Balaban J connectivity index is 2.04. The third-order valence-electron chi connectivity index (χ3n) is 3.40. The molecule has 1 aromatic rings. The van der Waals surface area contributed by atoms with Crippen LogP contribution in [0.15, 0.2) is 18.2 Å². The first-order chi connectivity index (χ1) is 10.0. The van der Waals surface area contributed by atoms with Gasteiger partial charge in [0.1, 0.15) is 5.82 Å². The summed E-state index contributed by atoms with van der Waals surface area (Å²) in [6, 6.07) is 5.01. The van der Waals surface area contributed by atoms with Crippen molar-refractivity contribution in [1.82, 2.24) is 4.90 Å². The minimum atomic E-state index is -0.933. The van der Waals surface area contributed by atoms with Gasteiger partial charge in [-0.3, -0.25) is 4.79 Å². The molecule has 1 aromatic carbocycles. The van der Waals surface area contributed by atoms with Crippen molar-refractivity contribution in [3.8, 4) is 6.07 Å². The van der Waals surface area contributed by atoms with Crippen LogP contribution in [-0.4, -0.2) is 35.1 Å². The van der Waals surface area contributed by atoms with Gasteiger partial charge in [-0.1, -0.05) is 0 Å². The maximum absolute atomic E-state index is 13.7. The number of piperidine rings is 1. The van der Waals surface area contributed by atoms with Gasteiger partial charge in [0.05, 0.1) is 23.2 Å². The minimum Gasteiger partial charge on any atom is -0.481 e.